The Morgan fingerprint density at radius 1 is 0.293 bits per heavy atom. The van der Waals surface area contributed by atoms with Gasteiger partial charge in [0.25, 0.3) is 0 Å². The Morgan fingerprint density at radius 3 is 0.768 bits per heavy atom. The summed E-state index contributed by atoms with van der Waals surface area (Å²) in [4.78, 5) is 73.0. The van der Waals surface area contributed by atoms with Crippen molar-refractivity contribution < 1.29 is 80.2 Å². The molecule has 3 N–H and O–H groups in total. The van der Waals surface area contributed by atoms with Crippen LogP contribution >= 0.6 is 15.6 Å². The minimum Gasteiger partial charge on any atom is -0.462 e. The second-order valence-electron chi connectivity index (χ2n) is 30.0. The van der Waals surface area contributed by atoms with Gasteiger partial charge in [0.2, 0.25) is 0 Å². The molecule has 0 bridgehead atoms. The number of aliphatic hydroxyl groups is 1. The fourth-order valence-electron chi connectivity index (χ4n) is 12.3. The minimum atomic E-state index is -4.96. The summed E-state index contributed by atoms with van der Waals surface area (Å²) in [6, 6.07) is 0. The number of phosphoric ester groups is 2. The molecule has 0 heterocycles. The van der Waals surface area contributed by atoms with Gasteiger partial charge in [0, 0.05) is 25.7 Å². The van der Waals surface area contributed by atoms with Gasteiger partial charge in [-0.2, -0.15) is 0 Å². The molecule has 0 radical (unpaired) electrons. The lowest BCUT2D eigenvalue weighted by molar-refractivity contribution is -0.161. The summed E-state index contributed by atoms with van der Waals surface area (Å²) in [6.07, 6.45) is 58.1. The number of carbonyl (C=O) groups excluding carboxylic acids is 4. The van der Waals surface area contributed by atoms with Crippen LogP contribution in [0.5, 0.6) is 0 Å². The summed E-state index contributed by atoms with van der Waals surface area (Å²) in [5.74, 6) is 0.252. The first-order valence-corrected chi connectivity index (χ1v) is 44.4. The van der Waals surface area contributed by atoms with Gasteiger partial charge in [0.1, 0.15) is 19.3 Å². The zero-order valence-electron chi connectivity index (χ0n) is 65.0. The molecule has 588 valence electrons. The van der Waals surface area contributed by atoms with Gasteiger partial charge in [0.05, 0.1) is 26.4 Å². The predicted molar refractivity (Wildman–Crippen MR) is 405 cm³/mol. The summed E-state index contributed by atoms with van der Waals surface area (Å²) in [6.45, 7) is 12.0. The third-order valence-electron chi connectivity index (χ3n) is 19.0. The molecule has 0 aliphatic heterocycles. The third kappa shape index (κ3) is 72.8. The normalized spacial score (nSPS) is 14.3. The van der Waals surface area contributed by atoms with E-state index in [9.17, 15) is 43.2 Å². The number of esters is 4. The third-order valence-corrected chi connectivity index (χ3v) is 20.9. The topological polar surface area (TPSA) is 237 Å². The van der Waals surface area contributed by atoms with Gasteiger partial charge in [-0.1, -0.05) is 363 Å². The molecular formula is C80H156O17P2. The quantitative estimate of drug-likeness (QED) is 0.0222. The standard InChI is InChI=1S/C80H156O17P2/c1-8-10-11-12-13-14-15-16-21-28-33-42-49-56-63-79(84)97-76(68-91-78(83)62-55-48-41-36-35-39-46-53-60-73(7)9-2)70-95-99(88,89)93-66-74(81)65-92-98(86,87)94-69-75(67-90-77(82)61-54-47-40-32-27-24-23-26-31-38-45-52-59-72(5)6)96-80(85)64-57-50-43-34-29-22-19-17-18-20-25-30-37-44-51-58-71(3)4/h71-76,81H,8-70H2,1-7H3,(H,86,87)(H,88,89)/t73?,74-,75-,76-/m1/s1. The number of hydrogen-bond acceptors (Lipinski definition) is 15. The van der Waals surface area contributed by atoms with Gasteiger partial charge in [-0.15, -0.1) is 0 Å². The molecule has 17 nitrogen and oxygen atoms in total. The average Bonchev–Trinajstić information content (AvgIpc) is 1.36. The smallest absolute Gasteiger partial charge is 0.462 e. The molecule has 3 unspecified atom stereocenters. The maximum absolute atomic E-state index is 13.1. The summed E-state index contributed by atoms with van der Waals surface area (Å²) < 4.78 is 68.7. The molecule has 6 atom stereocenters. The summed E-state index contributed by atoms with van der Waals surface area (Å²) >= 11 is 0. The first-order valence-electron chi connectivity index (χ1n) is 41.4. The number of ether oxygens (including phenoxy) is 4. The van der Waals surface area contributed by atoms with Crippen molar-refractivity contribution in [3.05, 3.63) is 0 Å². The average molecular weight is 1450 g/mol. The number of aliphatic hydroxyl groups excluding tert-OH is 1. The summed E-state index contributed by atoms with van der Waals surface area (Å²) in [5.41, 5.74) is 0. The Labute approximate surface area is 607 Å². The molecule has 0 aliphatic rings. The van der Waals surface area contributed by atoms with Crippen LogP contribution in [0.3, 0.4) is 0 Å². The number of unbranched alkanes of at least 4 members (excludes halogenated alkanes) is 45. The second kappa shape index (κ2) is 70.4. The van der Waals surface area contributed by atoms with Gasteiger partial charge in [-0.05, 0) is 43.4 Å². The molecule has 99 heavy (non-hydrogen) atoms. The number of hydrogen-bond donors (Lipinski definition) is 3. The van der Waals surface area contributed by atoms with Crippen molar-refractivity contribution in [1.29, 1.82) is 0 Å². The van der Waals surface area contributed by atoms with E-state index in [1.165, 1.54) is 225 Å². The van der Waals surface area contributed by atoms with Crippen molar-refractivity contribution in [3.8, 4) is 0 Å². The lowest BCUT2D eigenvalue weighted by atomic mass is 9.99. The highest BCUT2D eigenvalue weighted by atomic mass is 31.2. The van der Waals surface area contributed by atoms with E-state index < -0.39 is 97.5 Å². The molecule has 0 saturated heterocycles. The Hall–Kier alpha value is -1.94. The fraction of sp³-hybridized carbons (Fsp3) is 0.950. The molecule has 0 aromatic rings. The van der Waals surface area contributed by atoms with Gasteiger partial charge in [-0.25, -0.2) is 9.13 Å². The summed E-state index contributed by atoms with van der Waals surface area (Å²) in [5, 5.41) is 10.6. The SMILES string of the molecule is CCCCCCCCCCCCCCCCC(=O)O[C@H](COC(=O)CCCCCCCCCCC(C)CC)COP(=O)(O)OC[C@H](O)COP(=O)(O)OC[C@@H](COC(=O)CCCCCCCCCCCCCCC(C)C)OC(=O)CCCCCCCCCCCCCCCCCC(C)C. The second-order valence-corrected chi connectivity index (χ2v) is 32.9. The van der Waals surface area contributed by atoms with Gasteiger partial charge >= 0.3 is 39.5 Å². The molecule has 19 heteroatoms. The van der Waals surface area contributed by atoms with E-state index in [1.54, 1.807) is 0 Å². The lowest BCUT2D eigenvalue weighted by Gasteiger charge is -2.21. The Morgan fingerprint density at radius 2 is 0.515 bits per heavy atom. The van der Waals surface area contributed by atoms with Crippen molar-refractivity contribution >= 4 is 39.5 Å². The van der Waals surface area contributed by atoms with E-state index in [4.69, 9.17) is 37.0 Å². The van der Waals surface area contributed by atoms with E-state index in [2.05, 4.69) is 48.5 Å². The Kier molecular flexibility index (Phi) is 69.0. The first-order chi connectivity index (χ1) is 47.8. The highest BCUT2D eigenvalue weighted by Gasteiger charge is 2.30. The Bertz CT molecular complexity index is 1920. The van der Waals surface area contributed by atoms with Gasteiger partial charge in [0.15, 0.2) is 12.2 Å². The first kappa shape index (κ1) is 97.1. The predicted octanol–water partition coefficient (Wildman–Crippen LogP) is 23.7. The van der Waals surface area contributed by atoms with E-state index >= 15 is 0 Å². The van der Waals surface area contributed by atoms with E-state index in [1.807, 2.05) is 0 Å². The lowest BCUT2D eigenvalue weighted by Crippen LogP contribution is -2.30. The highest BCUT2D eigenvalue weighted by Crippen LogP contribution is 2.45. The zero-order valence-corrected chi connectivity index (χ0v) is 66.8. The van der Waals surface area contributed by atoms with Gasteiger partial charge < -0.3 is 33.8 Å². The number of carbonyl (C=O) groups is 4. The molecular weight excluding hydrogens is 1290 g/mol. The number of rotatable bonds is 78. The van der Waals surface area contributed by atoms with Crippen LogP contribution in [0, 0.1) is 17.8 Å². The van der Waals surface area contributed by atoms with Crippen LogP contribution in [0.2, 0.25) is 0 Å². The van der Waals surface area contributed by atoms with E-state index in [0.29, 0.717) is 25.7 Å². The van der Waals surface area contributed by atoms with Crippen molar-refractivity contribution in [1.82, 2.24) is 0 Å². The van der Waals surface area contributed by atoms with E-state index in [-0.39, 0.29) is 25.7 Å². The van der Waals surface area contributed by atoms with Crippen LogP contribution in [0.1, 0.15) is 414 Å². The van der Waals surface area contributed by atoms with Crippen LogP contribution < -0.4 is 0 Å². The van der Waals surface area contributed by atoms with Crippen LogP contribution in [0.4, 0.5) is 0 Å². The van der Waals surface area contributed by atoms with Crippen molar-refractivity contribution in [3.63, 3.8) is 0 Å². The number of phosphoric acid groups is 2. The largest absolute Gasteiger partial charge is 0.472 e. The molecule has 0 fully saturated rings. The maximum atomic E-state index is 13.1. The van der Waals surface area contributed by atoms with Gasteiger partial charge in [-0.3, -0.25) is 37.3 Å². The summed E-state index contributed by atoms with van der Waals surface area (Å²) in [7, 11) is -9.92. The Balaban J connectivity index is 5.27. The van der Waals surface area contributed by atoms with Crippen molar-refractivity contribution in [2.45, 2.75) is 433 Å². The van der Waals surface area contributed by atoms with Crippen LogP contribution in [-0.2, 0) is 65.4 Å². The molecule has 0 rings (SSSR count). The molecule has 0 aliphatic carbocycles. The van der Waals surface area contributed by atoms with Crippen LogP contribution in [0.15, 0.2) is 0 Å². The van der Waals surface area contributed by atoms with Crippen molar-refractivity contribution in [2.75, 3.05) is 39.6 Å². The monoisotopic (exact) mass is 1450 g/mol. The minimum absolute atomic E-state index is 0.107. The van der Waals surface area contributed by atoms with Crippen LogP contribution in [-0.4, -0.2) is 96.7 Å². The molecule has 0 amide bonds. The van der Waals surface area contributed by atoms with Crippen LogP contribution in [0.25, 0.3) is 0 Å². The maximum Gasteiger partial charge on any atom is 0.472 e. The van der Waals surface area contributed by atoms with Crippen molar-refractivity contribution in [2.24, 2.45) is 17.8 Å². The van der Waals surface area contributed by atoms with E-state index in [0.717, 1.165) is 108 Å². The fourth-order valence-corrected chi connectivity index (χ4v) is 13.9. The molecule has 0 aromatic heterocycles. The highest BCUT2D eigenvalue weighted by molar-refractivity contribution is 7.47. The molecule has 0 aromatic carbocycles. The molecule has 0 saturated carbocycles. The zero-order chi connectivity index (χ0) is 73.0. The molecule has 0 spiro atoms.